The van der Waals surface area contributed by atoms with E-state index in [4.69, 9.17) is 15.2 Å². The van der Waals surface area contributed by atoms with Crippen LogP contribution in [0, 0.1) is 12.3 Å². The van der Waals surface area contributed by atoms with Gasteiger partial charge in [-0.1, -0.05) is 6.07 Å². The van der Waals surface area contributed by atoms with E-state index in [1.807, 2.05) is 39.8 Å². The van der Waals surface area contributed by atoms with Crippen molar-refractivity contribution in [2.45, 2.75) is 71.4 Å². The Bertz CT molecular complexity index is 1440. The molecule has 0 unspecified atom stereocenters. The van der Waals surface area contributed by atoms with Crippen LogP contribution in [-0.4, -0.2) is 60.4 Å². The Hall–Kier alpha value is -3.66. The van der Waals surface area contributed by atoms with E-state index >= 15 is 0 Å². The van der Waals surface area contributed by atoms with Gasteiger partial charge in [0.25, 0.3) is 0 Å². The molecule has 1 aliphatic carbocycles. The van der Waals surface area contributed by atoms with E-state index in [0.717, 1.165) is 53.7 Å². The quantitative estimate of drug-likeness (QED) is 0.266. The molecule has 42 heavy (non-hydrogen) atoms. The summed E-state index contributed by atoms with van der Waals surface area (Å²) in [6, 6.07) is 10.5. The summed E-state index contributed by atoms with van der Waals surface area (Å²) in [7, 11) is 2.99. The Morgan fingerprint density at radius 1 is 1.05 bits per heavy atom. The van der Waals surface area contributed by atoms with E-state index < -0.39 is 17.6 Å². The summed E-state index contributed by atoms with van der Waals surface area (Å²) in [5.41, 5.74) is 8.49. The number of halogens is 2. The van der Waals surface area contributed by atoms with Crippen LogP contribution in [0.25, 0.3) is 10.9 Å². The van der Waals surface area contributed by atoms with Crippen LogP contribution in [0.1, 0.15) is 67.9 Å². The fourth-order valence-electron chi connectivity index (χ4n) is 5.96. The maximum Gasteiger partial charge on any atom is 0.419 e. The highest BCUT2D eigenvalue weighted by Crippen LogP contribution is 2.57. The first-order valence-electron chi connectivity index (χ1n) is 14.1. The fourth-order valence-corrected chi connectivity index (χ4v) is 5.96. The lowest BCUT2D eigenvalue weighted by molar-refractivity contribution is -0.178. The zero-order chi connectivity index (χ0) is 30.9. The van der Waals surface area contributed by atoms with E-state index in [-0.39, 0.29) is 24.2 Å². The van der Waals surface area contributed by atoms with Crippen molar-refractivity contribution in [1.29, 1.82) is 0 Å². The van der Waals surface area contributed by atoms with Gasteiger partial charge in [0, 0.05) is 42.2 Å². The SMILES string of the molecule is COC(=O)c1cccc(N)c1.COc1cc(C)c2c(ccn2C(=O)OC(C)(C)C)c1CN1CCC2(CC1)CC(F)(F)C2. The van der Waals surface area contributed by atoms with Crippen LogP contribution in [0.15, 0.2) is 42.6 Å². The number of aryl methyl sites for hydroxylation is 1. The summed E-state index contributed by atoms with van der Waals surface area (Å²) in [4.78, 5) is 25.9. The second kappa shape index (κ2) is 11.9. The van der Waals surface area contributed by atoms with Gasteiger partial charge in [0.1, 0.15) is 11.4 Å². The molecule has 2 heterocycles. The summed E-state index contributed by atoms with van der Waals surface area (Å²) in [6.45, 7) is 9.74. The van der Waals surface area contributed by atoms with Crippen LogP contribution in [-0.2, 0) is 16.0 Å². The third-order valence-corrected chi connectivity index (χ3v) is 7.91. The zero-order valence-corrected chi connectivity index (χ0v) is 25.3. The summed E-state index contributed by atoms with van der Waals surface area (Å²) in [5.74, 6) is -2.06. The number of carbonyl (C=O) groups is 2. The number of piperidine rings is 1. The van der Waals surface area contributed by atoms with Crippen molar-refractivity contribution >= 4 is 28.7 Å². The number of hydrogen-bond acceptors (Lipinski definition) is 7. The van der Waals surface area contributed by atoms with Crippen LogP contribution < -0.4 is 10.5 Å². The molecule has 0 bridgehead atoms. The number of methoxy groups -OCH3 is 2. The molecule has 5 rings (SSSR count). The van der Waals surface area contributed by atoms with Crippen molar-refractivity contribution in [3.05, 3.63) is 59.3 Å². The number of nitrogens with zero attached hydrogens (tertiary/aromatic N) is 2. The standard InChI is InChI=1S/C24H32F2N2O3.C8H9NO2/c1-16-12-19(30-5)18(13-27-10-7-23(8-11-27)14-24(25,26)15-23)17-6-9-28(20(16)17)21(29)31-22(2,3)4;1-11-8(10)6-3-2-4-7(9)5-6/h6,9,12H,7-8,10-11,13-15H2,1-5H3;2-5H,9H2,1H3. The maximum atomic E-state index is 13.4. The minimum atomic E-state index is -2.47. The molecule has 1 aromatic heterocycles. The molecule has 0 amide bonds. The number of benzene rings is 2. The number of aromatic nitrogens is 1. The highest BCUT2D eigenvalue weighted by atomic mass is 19.3. The largest absolute Gasteiger partial charge is 0.496 e. The number of rotatable bonds is 4. The molecular weight excluding hydrogens is 544 g/mol. The number of ether oxygens (including phenoxy) is 3. The molecule has 3 aromatic rings. The minimum Gasteiger partial charge on any atom is -0.496 e. The highest BCUT2D eigenvalue weighted by molar-refractivity contribution is 5.95. The number of alkyl halides is 2. The van der Waals surface area contributed by atoms with Crippen molar-refractivity contribution in [3.8, 4) is 5.75 Å². The Kier molecular flexibility index (Phi) is 8.87. The molecule has 2 fully saturated rings. The molecule has 0 atom stereocenters. The topological polar surface area (TPSA) is 96.0 Å². The predicted octanol–water partition coefficient (Wildman–Crippen LogP) is 6.81. The molecule has 1 saturated heterocycles. The van der Waals surface area contributed by atoms with Crippen LogP contribution in [0.4, 0.5) is 19.3 Å². The molecule has 8 nitrogen and oxygen atoms in total. The lowest BCUT2D eigenvalue weighted by atomic mass is 9.61. The van der Waals surface area contributed by atoms with Gasteiger partial charge in [-0.15, -0.1) is 0 Å². The molecule has 1 aliphatic heterocycles. The molecule has 228 valence electrons. The van der Waals surface area contributed by atoms with Gasteiger partial charge < -0.3 is 19.9 Å². The van der Waals surface area contributed by atoms with Crippen LogP contribution in [0.5, 0.6) is 5.75 Å². The maximum absolute atomic E-state index is 13.4. The first kappa shape index (κ1) is 31.3. The Morgan fingerprint density at radius 3 is 2.26 bits per heavy atom. The average molecular weight is 586 g/mol. The highest BCUT2D eigenvalue weighted by Gasteiger charge is 2.56. The molecule has 2 N–H and O–H groups in total. The molecule has 10 heteroatoms. The lowest BCUT2D eigenvalue weighted by Gasteiger charge is -2.51. The number of anilines is 1. The Labute approximate surface area is 245 Å². The van der Waals surface area contributed by atoms with E-state index in [0.29, 0.717) is 17.8 Å². The number of esters is 1. The predicted molar refractivity (Wildman–Crippen MR) is 158 cm³/mol. The van der Waals surface area contributed by atoms with E-state index in [1.54, 1.807) is 42.1 Å². The molecular formula is C32H41F2N3O5. The summed E-state index contributed by atoms with van der Waals surface area (Å²) in [6.07, 6.45) is 3.01. The van der Waals surface area contributed by atoms with Crippen molar-refractivity contribution in [2.24, 2.45) is 5.41 Å². The summed E-state index contributed by atoms with van der Waals surface area (Å²) >= 11 is 0. The molecule has 1 spiro atoms. The molecule has 0 radical (unpaired) electrons. The molecule has 1 saturated carbocycles. The van der Waals surface area contributed by atoms with Gasteiger partial charge in [0.15, 0.2) is 0 Å². The van der Waals surface area contributed by atoms with E-state index in [1.165, 1.54) is 7.11 Å². The second-order valence-corrected chi connectivity index (χ2v) is 12.4. The van der Waals surface area contributed by atoms with Crippen molar-refractivity contribution < 1.29 is 32.6 Å². The Balaban J connectivity index is 0.000000310. The van der Waals surface area contributed by atoms with Crippen LogP contribution >= 0.6 is 0 Å². The van der Waals surface area contributed by atoms with Crippen molar-refractivity contribution in [1.82, 2.24) is 9.47 Å². The molecule has 2 aromatic carbocycles. The number of carbonyl (C=O) groups excluding carboxylic acids is 2. The van der Waals surface area contributed by atoms with Gasteiger partial charge in [-0.25, -0.2) is 18.4 Å². The second-order valence-electron chi connectivity index (χ2n) is 12.4. The van der Waals surface area contributed by atoms with E-state index in [2.05, 4.69) is 9.64 Å². The summed E-state index contributed by atoms with van der Waals surface area (Å²) in [5, 5.41) is 0.957. The van der Waals surface area contributed by atoms with Crippen molar-refractivity contribution in [2.75, 3.05) is 33.0 Å². The summed E-state index contributed by atoms with van der Waals surface area (Å²) < 4.78 is 44.1. The van der Waals surface area contributed by atoms with E-state index in [9.17, 15) is 18.4 Å². The van der Waals surface area contributed by atoms with Gasteiger partial charge >= 0.3 is 12.1 Å². The monoisotopic (exact) mass is 585 g/mol. The number of nitrogen functional groups attached to an aromatic ring is 1. The lowest BCUT2D eigenvalue weighted by Crippen LogP contribution is -2.52. The number of fused-ring (bicyclic) bond motifs is 1. The normalized spacial score (nSPS) is 17.6. The number of likely N-dealkylation sites (tertiary alicyclic amines) is 1. The third-order valence-electron chi connectivity index (χ3n) is 7.91. The number of hydrogen-bond donors (Lipinski definition) is 1. The van der Waals surface area contributed by atoms with Gasteiger partial charge in [-0.05, 0) is 94.9 Å². The fraction of sp³-hybridized carbons (Fsp3) is 0.500. The Morgan fingerprint density at radius 2 is 1.71 bits per heavy atom. The van der Waals surface area contributed by atoms with Gasteiger partial charge in [0.2, 0.25) is 5.92 Å². The average Bonchev–Trinajstić information content (AvgIpc) is 3.35. The zero-order valence-electron chi connectivity index (χ0n) is 25.3. The molecule has 2 aliphatic rings. The first-order valence-corrected chi connectivity index (χ1v) is 14.1. The smallest absolute Gasteiger partial charge is 0.419 e. The number of nitrogens with two attached hydrogens (primary N) is 1. The van der Waals surface area contributed by atoms with Gasteiger partial charge in [-0.2, -0.15) is 0 Å². The van der Waals surface area contributed by atoms with Crippen molar-refractivity contribution in [3.63, 3.8) is 0 Å². The van der Waals surface area contributed by atoms with Gasteiger partial charge in [0.05, 0.1) is 25.3 Å². The van der Waals surface area contributed by atoms with Crippen LogP contribution in [0.3, 0.4) is 0 Å². The van der Waals surface area contributed by atoms with Gasteiger partial charge in [-0.3, -0.25) is 9.47 Å². The van der Waals surface area contributed by atoms with Crippen LogP contribution in [0.2, 0.25) is 0 Å². The minimum absolute atomic E-state index is 0.0324. The first-order chi connectivity index (χ1) is 19.7. The third kappa shape index (κ3) is 7.03.